The SMILES string of the molecule is CCc1ccc(Oc2ccc(CNC)cn2)c(OC)c1. The Bertz CT molecular complexity index is 553. The van der Waals surface area contributed by atoms with E-state index in [2.05, 4.69) is 17.2 Å². The summed E-state index contributed by atoms with van der Waals surface area (Å²) >= 11 is 0. The molecule has 0 aliphatic rings. The van der Waals surface area contributed by atoms with Crippen LogP contribution in [0.25, 0.3) is 0 Å². The number of benzene rings is 1. The van der Waals surface area contributed by atoms with Crippen molar-refractivity contribution in [1.29, 1.82) is 0 Å². The predicted molar refractivity (Wildman–Crippen MR) is 79.4 cm³/mol. The van der Waals surface area contributed by atoms with Crippen LogP contribution in [0.1, 0.15) is 18.1 Å². The van der Waals surface area contributed by atoms with E-state index in [1.165, 1.54) is 5.56 Å². The molecule has 0 amide bonds. The minimum absolute atomic E-state index is 0.562. The zero-order valence-electron chi connectivity index (χ0n) is 12.1. The Balaban J connectivity index is 2.16. The molecule has 0 bridgehead atoms. The summed E-state index contributed by atoms with van der Waals surface area (Å²) in [6, 6.07) is 9.80. The smallest absolute Gasteiger partial charge is 0.219 e. The van der Waals surface area contributed by atoms with E-state index in [9.17, 15) is 0 Å². The van der Waals surface area contributed by atoms with E-state index in [0.717, 1.165) is 24.3 Å². The molecule has 20 heavy (non-hydrogen) atoms. The van der Waals surface area contributed by atoms with Crippen molar-refractivity contribution in [3.05, 3.63) is 47.7 Å². The Hall–Kier alpha value is -2.07. The third-order valence-electron chi connectivity index (χ3n) is 3.03. The number of aryl methyl sites for hydroxylation is 1. The third kappa shape index (κ3) is 3.48. The van der Waals surface area contributed by atoms with Crippen LogP contribution in [0.3, 0.4) is 0 Å². The molecule has 1 heterocycles. The lowest BCUT2D eigenvalue weighted by atomic mass is 10.1. The second kappa shape index (κ2) is 6.91. The molecule has 1 aromatic carbocycles. The van der Waals surface area contributed by atoms with Gasteiger partial charge < -0.3 is 14.8 Å². The molecule has 2 aromatic rings. The van der Waals surface area contributed by atoms with Gasteiger partial charge in [0.2, 0.25) is 5.88 Å². The van der Waals surface area contributed by atoms with Crippen molar-refractivity contribution in [2.24, 2.45) is 0 Å². The molecule has 0 fully saturated rings. The van der Waals surface area contributed by atoms with E-state index in [-0.39, 0.29) is 0 Å². The van der Waals surface area contributed by atoms with Gasteiger partial charge in [0.05, 0.1) is 7.11 Å². The van der Waals surface area contributed by atoms with E-state index in [1.54, 1.807) is 13.3 Å². The lowest BCUT2D eigenvalue weighted by Crippen LogP contribution is -2.05. The second-order valence-corrected chi connectivity index (χ2v) is 4.48. The minimum Gasteiger partial charge on any atom is -0.493 e. The van der Waals surface area contributed by atoms with Crippen LogP contribution in [0.5, 0.6) is 17.4 Å². The van der Waals surface area contributed by atoms with Crippen molar-refractivity contribution >= 4 is 0 Å². The van der Waals surface area contributed by atoms with Gasteiger partial charge in [0.15, 0.2) is 11.5 Å². The number of hydrogen-bond donors (Lipinski definition) is 1. The average Bonchev–Trinajstić information content (AvgIpc) is 2.50. The first-order valence-electron chi connectivity index (χ1n) is 6.71. The lowest BCUT2D eigenvalue weighted by molar-refractivity contribution is 0.373. The van der Waals surface area contributed by atoms with E-state index >= 15 is 0 Å². The van der Waals surface area contributed by atoms with E-state index < -0.39 is 0 Å². The van der Waals surface area contributed by atoms with Gasteiger partial charge in [-0.05, 0) is 36.7 Å². The van der Waals surface area contributed by atoms with Gasteiger partial charge in [0.1, 0.15) is 0 Å². The molecule has 4 heteroatoms. The van der Waals surface area contributed by atoms with E-state index in [0.29, 0.717) is 11.6 Å². The summed E-state index contributed by atoms with van der Waals surface area (Å²) in [6.07, 6.45) is 2.77. The van der Waals surface area contributed by atoms with Gasteiger partial charge in [-0.3, -0.25) is 0 Å². The molecule has 0 unspecified atom stereocenters. The molecule has 0 saturated heterocycles. The summed E-state index contributed by atoms with van der Waals surface area (Å²) < 4.78 is 11.1. The Labute approximate surface area is 119 Å². The molecule has 1 N–H and O–H groups in total. The highest BCUT2D eigenvalue weighted by Gasteiger charge is 2.07. The quantitative estimate of drug-likeness (QED) is 0.877. The van der Waals surface area contributed by atoms with E-state index in [1.807, 2.05) is 37.4 Å². The van der Waals surface area contributed by atoms with Crippen LogP contribution < -0.4 is 14.8 Å². The summed E-state index contributed by atoms with van der Waals surface area (Å²) in [5.41, 5.74) is 2.33. The summed E-state index contributed by atoms with van der Waals surface area (Å²) in [5.74, 6) is 1.97. The van der Waals surface area contributed by atoms with Crippen molar-refractivity contribution in [2.45, 2.75) is 19.9 Å². The highest BCUT2D eigenvalue weighted by molar-refractivity contribution is 5.44. The lowest BCUT2D eigenvalue weighted by Gasteiger charge is -2.11. The van der Waals surface area contributed by atoms with Gasteiger partial charge in [-0.25, -0.2) is 4.98 Å². The number of nitrogens with zero attached hydrogens (tertiary/aromatic N) is 1. The predicted octanol–water partition coefficient (Wildman–Crippen LogP) is 3.16. The van der Waals surface area contributed by atoms with Crippen LogP contribution in [0, 0.1) is 0 Å². The molecule has 1 aromatic heterocycles. The average molecular weight is 272 g/mol. The maximum Gasteiger partial charge on any atom is 0.219 e. The Kier molecular flexibility index (Phi) is 4.96. The fourth-order valence-corrected chi connectivity index (χ4v) is 1.91. The molecule has 0 aliphatic carbocycles. The summed E-state index contributed by atoms with van der Waals surface area (Å²) in [4.78, 5) is 4.29. The minimum atomic E-state index is 0.562. The number of ether oxygens (including phenoxy) is 2. The highest BCUT2D eigenvalue weighted by atomic mass is 16.5. The number of methoxy groups -OCH3 is 1. The fourth-order valence-electron chi connectivity index (χ4n) is 1.91. The van der Waals surface area contributed by atoms with Crippen molar-refractivity contribution in [1.82, 2.24) is 10.3 Å². The first-order chi connectivity index (χ1) is 9.76. The van der Waals surface area contributed by atoms with Crippen LogP contribution in [0.4, 0.5) is 0 Å². The molecular formula is C16H20N2O2. The van der Waals surface area contributed by atoms with E-state index in [4.69, 9.17) is 9.47 Å². The molecule has 106 valence electrons. The largest absolute Gasteiger partial charge is 0.493 e. The number of aromatic nitrogens is 1. The standard InChI is InChI=1S/C16H20N2O2/c1-4-12-5-7-14(15(9-12)19-3)20-16-8-6-13(10-17-2)11-18-16/h5-9,11,17H,4,10H2,1-3H3. The van der Waals surface area contributed by atoms with Gasteiger partial charge in [-0.15, -0.1) is 0 Å². The van der Waals surface area contributed by atoms with Crippen molar-refractivity contribution in [3.63, 3.8) is 0 Å². The maximum absolute atomic E-state index is 5.78. The normalized spacial score (nSPS) is 10.3. The molecule has 0 aliphatic heterocycles. The van der Waals surface area contributed by atoms with Gasteiger partial charge in [0.25, 0.3) is 0 Å². The highest BCUT2D eigenvalue weighted by Crippen LogP contribution is 2.31. The maximum atomic E-state index is 5.78. The number of rotatable bonds is 6. The summed E-state index contributed by atoms with van der Waals surface area (Å²) in [6.45, 7) is 2.90. The van der Waals surface area contributed by atoms with Gasteiger partial charge in [-0.1, -0.05) is 19.1 Å². The molecule has 2 rings (SSSR count). The number of pyridine rings is 1. The first kappa shape index (κ1) is 14.3. The molecule has 0 radical (unpaired) electrons. The Morgan fingerprint density at radius 3 is 2.50 bits per heavy atom. The fraction of sp³-hybridized carbons (Fsp3) is 0.312. The zero-order chi connectivity index (χ0) is 14.4. The Morgan fingerprint density at radius 2 is 1.90 bits per heavy atom. The summed E-state index contributed by atoms with van der Waals surface area (Å²) in [5, 5.41) is 3.08. The second-order valence-electron chi connectivity index (χ2n) is 4.48. The topological polar surface area (TPSA) is 43.4 Å². The Morgan fingerprint density at radius 1 is 1.10 bits per heavy atom. The van der Waals surface area contributed by atoms with Crippen molar-refractivity contribution in [3.8, 4) is 17.4 Å². The van der Waals surface area contributed by atoms with Gasteiger partial charge >= 0.3 is 0 Å². The zero-order valence-corrected chi connectivity index (χ0v) is 12.1. The van der Waals surface area contributed by atoms with Gasteiger partial charge in [-0.2, -0.15) is 0 Å². The van der Waals surface area contributed by atoms with Crippen LogP contribution >= 0.6 is 0 Å². The first-order valence-corrected chi connectivity index (χ1v) is 6.71. The van der Waals surface area contributed by atoms with Crippen LogP contribution in [-0.4, -0.2) is 19.1 Å². The molecule has 0 saturated carbocycles. The van der Waals surface area contributed by atoms with Crippen LogP contribution in [0.2, 0.25) is 0 Å². The monoisotopic (exact) mass is 272 g/mol. The number of nitrogens with one attached hydrogen (secondary N) is 1. The molecule has 0 atom stereocenters. The molecule has 0 spiro atoms. The van der Waals surface area contributed by atoms with Crippen molar-refractivity contribution < 1.29 is 9.47 Å². The number of hydrogen-bond acceptors (Lipinski definition) is 4. The van der Waals surface area contributed by atoms with Gasteiger partial charge in [0, 0.05) is 18.8 Å². The molecule has 4 nitrogen and oxygen atoms in total. The van der Waals surface area contributed by atoms with Crippen LogP contribution in [0.15, 0.2) is 36.5 Å². The molecular weight excluding hydrogens is 252 g/mol. The summed E-state index contributed by atoms with van der Waals surface area (Å²) in [7, 11) is 3.55. The van der Waals surface area contributed by atoms with Crippen molar-refractivity contribution in [2.75, 3.05) is 14.2 Å². The van der Waals surface area contributed by atoms with Crippen LogP contribution in [-0.2, 0) is 13.0 Å². The third-order valence-corrected chi connectivity index (χ3v) is 3.03.